The molecule has 0 bridgehead atoms. The summed E-state index contributed by atoms with van der Waals surface area (Å²) in [5.74, 6) is 0.000650. The van der Waals surface area contributed by atoms with Crippen LogP contribution >= 0.6 is 23.8 Å². The Kier molecular flexibility index (Phi) is 10.3. The molecular formula is C33H35ClN6O4S. The lowest BCUT2D eigenvalue weighted by Crippen LogP contribution is -2.48. The van der Waals surface area contributed by atoms with Crippen molar-refractivity contribution in [3.05, 3.63) is 99.1 Å². The van der Waals surface area contributed by atoms with Gasteiger partial charge >= 0.3 is 0 Å². The number of rotatable bonds is 7. The van der Waals surface area contributed by atoms with Gasteiger partial charge in [-0.1, -0.05) is 48.9 Å². The van der Waals surface area contributed by atoms with Crippen LogP contribution in [0.15, 0.2) is 72.8 Å². The Morgan fingerprint density at radius 1 is 0.933 bits per heavy atom. The van der Waals surface area contributed by atoms with Crippen LogP contribution in [0.1, 0.15) is 35.7 Å². The summed E-state index contributed by atoms with van der Waals surface area (Å²) in [5, 5.41) is 17.8. The maximum Gasteiger partial charge on any atom is 0.270 e. The molecule has 3 aromatic carbocycles. The Balaban J connectivity index is 1.25. The highest BCUT2D eigenvalue weighted by Gasteiger charge is 2.25. The van der Waals surface area contributed by atoms with E-state index in [-0.39, 0.29) is 22.3 Å². The van der Waals surface area contributed by atoms with E-state index in [4.69, 9.17) is 23.8 Å². The molecule has 2 saturated heterocycles. The number of carbonyl (C=O) groups excluding carboxylic acids is 2. The number of nitro groups is 1. The first-order chi connectivity index (χ1) is 21.7. The van der Waals surface area contributed by atoms with Crippen LogP contribution in [0.3, 0.4) is 0 Å². The van der Waals surface area contributed by atoms with E-state index in [0.29, 0.717) is 48.5 Å². The summed E-state index contributed by atoms with van der Waals surface area (Å²) >= 11 is 11.9. The van der Waals surface area contributed by atoms with Gasteiger partial charge in [0.2, 0.25) is 5.91 Å². The van der Waals surface area contributed by atoms with Crippen molar-refractivity contribution < 1.29 is 14.5 Å². The summed E-state index contributed by atoms with van der Waals surface area (Å²) in [5.41, 5.74) is 3.05. The highest BCUT2D eigenvalue weighted by atomic mass is 35.5. The maximum atomic E-state index is 13.5. The lowest BCUT2D eigenvalue weighted by molar-refractivity contribution is -0.384. The number of piperazine rings is 1. The lowest BCUT2D eigenvalue weighted by atomic mass is 9.98. The molecule has 234 valence electrons. The van der Waals surface area contributed by atoms with E-state index in [1.165, 1.54) is 12.1 Å². The molecule has 2 heterocycles. The van der Waals surface area contributed by atoms with Gasteiger partial charge in [0.05, 0.1) is 27.5 Å². The van der Waals surface area contributed by atoms with E-state index >= 15 is 0 Å². The molecule has 0 saturated carbocycles. The predicted molar refractivity (Wildman–Crippen MR) is 183 cm³/mol. The van der Waals surface area contributed by atoms with Gasteiger partial charge in [-0.15, -0.1) is 0 Å². The fourth-order valence-electron chi connectivity index (χ4n) is 5.56. The van der Waals surface area contributed by atoms with Crippen molar-refractivity contribution >= 4 is 69.6 Å². The second kappa shape index (κ2) is 14.5. The minimum Gasteiger partial charge on any atom is -0.371 e. The second-order valence-electron chi connectivity index (χ2n) is 11.3. The van der Waals surface area contributed by atoms with E-state index < -0.39 is 10.8 Å². The topological polar surface area (TPSA) is 111 Å². The van der Waals surface area contributed by atoms with Gasteiger partial charge in [-0.05, 0) is 66.9 Å². The molecule has 0 unspecified atom stereocenters. The van der Waals surface area contributed by atoms with Gasteiger partial charge in [0, 0.05) is 62.5 Å². The van der Waals surface area contributed by atoms with Crippen LogP contribution in [0.4, 0.5) is 22.7 Å². The number of nitrogens with zero attached hydrogens (tertiary/aromatic N) is 4. The van der Waals surface area contributed by atoms with Crippen molar-refractivity contribution in [2.24, 2.45) is 5.92 Å². The number of nitro benzene ring substituents is 1. The van der Waals surface area contributed by atoms with Crippen molar-refractivity contribution in [1.29, 1.82) is 0 Å². The zero-order valence-corrected chi connectivity index (χ0v) is 26.5. The summed E-state index contributed by atoms with van der Waals surface area (Å²) in [6.07, 6.45) is 5.36. The Bertz CT molecular complexity index is 1600. The van der Waals surface area contributed by atoms with Crippen LogP contribution < -0.4 is 20.4 Å². The molecule has 3 aromatic rings. The van der Waals surface area contributed by atoms with E-state index in [1.54, 1.807) is 24.3 Å². The summed E-state index contributed by atoms with van der Waals surface area (Å²) in [4.78, 5) is 43.3. The maximum absolute atomic E-state index is 13.5. The molecule has 2 aliphatic heterocycles. The minimum atomic E-state index is -0.538. The number of thiocarbonyl (C=S) groups is 1. The Morgan fingerprint density at radius 2 is 1.60 bits per heavy atom. The molecule has 2 fully saturated rings. The van der Waals surface area contributed by atoms with Gasteiger partial charge in [-0.25, -0.2) is 0 Å². The fourth-order valence-corrected chi connectivity index (χ4v) is 5.93. The normalized spacial score (nSPS) is 15.6. The van der Waals surface area contributed by atoms with Gasteiger partial charge in [0.15, 0.2) is 5.11 Å². The Morgan fingerprint density at radius 3 is 2.29 bits per heavy atom. The van der Waals surface area contributed by atoms with Crippen LogP contribution in [0.25, 0.3) is 6.08 Å². The van der Waals surface area contributed by atoms with E-state index in [9.17, 15) is 19.7 Å². The largest absolute Gasteiger partial charge is 0.371 e. The molecule has 2 amide bonds. The van der Waals surface area contributed by atoms with Crippen molar-refractivity contribution in [2.75, 3.05) is 54.4 Å². The third-order valence-corrected chi connectivity index (χ3v) is 8.58. The van der Waals surface area contributed by atoms with Gasteiger partial charge in [0.1, 0.15) is 0 Å². The number of amides is 2. The highest BCUT2D eigenvalue weighted by molar-refractivity contribution is 7.80. The molecule has 45 heavy (non-hydrogen) atoms. The van der Waals surface area contributed by atoms with Crippen LogP contribution in [0.5, 0.6) is 0 Å². The quantitative estimate of drug-likeness (QED) is 0.140. The molecule has 0 radical (unpaired) electrons. The lowest BCUT2D eigenvalue weighted by Gasteiger charge is -2.36. The minimum absolute atomic E-state index is 0.0353. The van der Waals surface area contributed by atoms with Crippen molar-refractivity contribution in [2.45, 2.75) is 19.8 Å². The first-order valence-electron chi connectivity index (χ1n) is 14.9. The van der Waals surface area contributed by atoms with Crippen LogP contribution in [-0.4, -0.2) is 66.0 Å². The number of non-ortho nitro benzene ring substituents is 1. The van der Waals surface area contributed by atoms with Crippen molar-refractivity contribution in [3.63, 3.8) is 0 Å². The Labute approximate surface area is 272 Å². The number of anilines is 3. The number of hydrogen-bond acceptors (Lipinski definition) is 7. The number of hydrogen-bond donors (Lipinski definition) is 2. The first-order valence-corrected chi connectivity index (χ1v) is 15.7. The van der Waals surface area contributed by atoms with Gasteiger partial charge in [-0.2, -0.15) is 0 Å². The number of piperidine rings is 1. The summed E-state index contributed by atoms with van der Waals surface area (Å²) in [6.45, 7) is 5.96. The molecule has 5 rings (SSSR count). The number of nitrogens with one attached hydrogen (secondary N) is 2. The first kappa shape index (κ1) is 31.9. The third kappa shape index (κ3) is 8.17. The number of halogens is 1. The zero-order chi connectivity index (χ0) is 31.9. The SMILES string of the molecule is CC1CCN(c2ccc([N+](=O)[O-])cc2C(=O)NC(=S)Nc2cc(Cl)ccc2N2CCN(C(=O)/C=C/c3ccccc3)CC2)CC1. The van der Waals surface area contributed by atoms with Crippen molar-refractivity contribution in [1.82, 2.24) is 10.2 Å². The number of carbonyl (C=O) groups is 2. The van der Waals surface area contributed by atoms with E-state index in [1.807, 2.05) is 47.4 Å². The average Bonchev–Trinajstić information content (AvgIpc) is 3.04. The molecule has 10 nitrogen and oxygen atoms in total. The third-order valence-electron chi connectivity index (χ3n) is 8.14. The van der Waals surface area contributed by atoms with E-state index in [2.05, 4.69) is 27.4 Å². The van der Waals surface area contributed by atoms with Crippen LogP contribution in [0.2, 0.25) is 5.02 Å². The molecule has 2 aliphatic rings. The van der Waals surface area contributed by atoms with Crippen LogP contribution in [-0.2, 0) is 4.79 Å². The van der Waals surface area contributed by atoms with Gasteiger partial charge < -0.3 is 20.0 Å². The standard InChI is InChI=1S/C33H35ClN6O4S/c1-23-13-15-37(16-14-23)29-11-9-26(40(43)44)22-27(29)32(42)36-33(45)35-28-21-25(34)8-10-30(28)38-17-19-39(20-18-38)31(41)12-7-24-5-3-2-4-6-24/h2-12,21-23H,13-20H2,1H3,(H2,35,36,42,45)/b12-7+. The predicted octanol–water partition coefficient (Wildman–Crippen LogP) is 5.97. The Hall–Kier alpha value is -4.48. The van der Waals surface area contributed by atoms with Crippen LogP contribution in [0, 0.1) is 16.0 Å². The van der Waals surface area contributed by atoms with Gasteiger partial charge in [-0.3, -0.25) is 25.0 Å². The average molecular weight is 647 g/mol. The second-order valence-corrected chi connectivity index (χ2v) is 12.1. The fraction of sp³-hybridized carbons (Fsp3) is 0.303. The summed E-state index contributed by atoms with van der Waals surface area (Å²) < 4.78 is 0. The van der Waals surface area contributed by atoms with Crippen molar-refractivity contribution in [3.8, 4) is 0 Å². The molecule has 0 atom stereocenters. The highest BCUT2D eigenvalue weighted by Crippen LogP contribution is 2.31. The number of benzene rings is 3. The monoisotopic (exact) mass is 646 g/mol. The summed E-state index contributed by atoms with van der Waals surface area (Å²) in [7, 11) is 0. The van der Waals surface area contributed by atoms with E-state index in [0.717, 1.165) is 37.2 Å². The zero-order valence-electron chi connectivity index (χ0n) is 24.9. The molecular weight excluding hydrogens is 612 g/mol. The van der Waals surface area contributed by atoms with Gasteiger partial charge in [0.25, 0.3) is 11.6 Å². The molecule has 0 spiro atoms. The molecule has 0 aliphatic carbocycles. The molecule has 0 aromatic heterocycles. The summed E-state index contributed by atoms with van der Waals surface area (Å²) in [6, 6.07) is 19.4. The smallest absolute Gasteiger partial charge is 0.270 e. The molecule has 2 N–H and O–H groups in total. The molecule has 12 heteroatoms.